The third-order valence-electron chi connectivity index (χ3n) is 3.60. The van der Waals surface area contributed by atoms with Gasteiger partial charge < -0.3 is 10.0 Å². The van der Waals surface area contributed by atoms with Crippen molar-refractivity contribution < 1.29 is 14.7 Å². The topological polar surface area (TPSA) is 70.5 Å². The molecule has 0 bridgehead atoms. The standard InChI is InChI=1S/C19H20N2O3/c1-2-15(14-23)6-3-10-18(24)21(12-13-22)17-9-4-7-16-8-5-11-20-19(16)17/h2-9,11,14,22H,10,12-13H2,1H3/b6-3-,15-2+. The number of carbonyl (C=O) groups excluding carboxylic acids is 2. The van der Waals surface area contributed by atoms with E-state index in [9.17, 15) is 14.7 Å². The number of aliphatic hydroxyl groups is 1. The summed E-state index contributed by atoms with van der Waals surface area (Å²) >= 11 is 0. The number of fused-ring (bicyclic) bond motifs is 1. The largest absolute Gasteiger partial charge is 0.395 e. The number of anilines is 1. The molecule has 0 aliphatic carbocycles. The van der Waals surface area contributed by atoms with Crippen LogP contribution in [0.5, 0.6) is 0 Å². The second-order valence-electron chi connectivity index (χ2n) is 5.13. The van der Waals surface area contributed by atoms with Crippen molar-refractivity contribution >= 4 is 28.8 Å². The van der Waals surface area contributed by atoms with Gasteiger partial charge in [-0.2, -0.15) is 0 Å². The van der Waals surface area contributed by atoms with Crippen molar-refractivity contribution in [3.63, 3.8) is 0 Å². The van der Waals surface area contributed by atoms with Gasteiger partial charge in [0.15, 0.2) is 0 Å². The van der Waals surface area contributed by atoms with E-state index in [1.807, 2.05) is 30.3 Å². The minimum atomic E-state index is -0.167. The van der Waals surface area contributed by atoms with Gasteiger partial charge in [-0.1, -0.05) is 36.4 Å². The van der Waals surface area contributed by atoms with Gasteiger partial charge in [-0.15, -0.1) is 0 Å². The van der Waals surface area contributed by atoms with E-state index in [0.717, 1.165) is 11.7 Å². The number of hydrogen-bond acceptors (Lipinski definition) is 4. The van der Waals surface area contributed by atoms with Gasteiger partial charge in [-0.05, 0) is 19.1 Å². The Balaban J connectivity index is 2.28. The number of rotatable bonds is 7. The third-order valence-corrected chi connectivity index (χ3v) is 3.60. The average molecular weight is 324 g/mol. The van der Waals surface area contributed by atoms with Crippen molar-refractivity contribution in [3.8, 4) is 0 Å². The van der Waals surface area contributed by atoms with Crippen molar-refractivity contribution in [1.82, 2.24) is 4.98 Å². The average Bonchev–Trinajstić information content (AvgIpc) is 2.63. The molecule has 1 aromatic heterocycles. The van der Waals surface area contributed by atoms with Crippen LogP contribution in [0, 0.1) is 0 Å². The minimum absolute atomic E-state index is 0.133. The molecule has 0 unspecified atom stereocenters. The minimum Gasteiger partial charge on any atom is -0.395 e. The summed E-state index contributed by atoms with van der Waals surface area (Å²) in [5.74, 6) is -0.167. The first-order valence-electron chi connectivity index (χ1n) is 7.74. The Morgan fingerprint density at radius 3 is 2.79 bits per heavy atom. The number of benzene rings is 1. The summed E-state index contributed by atoms with van der Waals surface area (Å²) in [7, 11) is 0. The molecule has 2 rings (SSSR count). The second kappa shape index (κ2) is 8.74. The second-order valence-corrected chi connectivity index (χ2v) is 5.13. The van der Waals surface area contributed by atoms with Crippen molar-refractivity contribution in [2.45, 2.75) is 13.3 Å². The van der Waals surface area contributed by atoms with E-state index in [1.165, 1.54) is 4.90 Å². The van der Waals surface area contributed by atoms with Gasteiger partial charge in [-0.25, -0.2) is 0 Å². The van der Waals surface area contributed by atoms with Gasteiger partial charge in [0.05, 0.1) is 17.8 Å². The number of carbonyl (C=O) groups is 2. The predicted molar refractivity (Wildman–Crippen MR) is 94.8 cm³/mol. The molecular formula is C19H20N2O3. The number of pyridine rings is 1. The molecule has 0 fully saturated rings. The quantitative estimate of drug-likeness (QED) is 0.483. The fraction of sp³-hybridized carbons (Fsp3) is 0.211. The van der Waals surface area contributed by atoms with Gasteiger partial charge in [-0.3, -0.25) is 14.6 Å². The molecule has 0 saturated carbocycles. The van der Waals surface area contributed by atoms with E-state index in [-0.39, 0.29) is 25.5 Å². The van der Waals surface area contributed by atoms with E-state index in [2.05, 4.69) is 4.98 Å². The number of aldehydes is 1. The van der Waals surface area contributed by atoms with E-state index >= 15 is 0 Å². The van der Waals surface area contributed by atoms with Gasteiger partial charge in [0.25, 0.3) is 0 Å². The summed E-state index contributed by atoms with van der Waals surface area (Å²) < 4.78 is 0. The molecule has 2 aromatic rings. The van der Waals surface area contributed by atoms with E-state index in [0.29, 0.717) is 16.8 Å². The lowest BCUT2D eigenvalue weighted by Gasteiger charge is -2.22. The first-order valence-corrected chi connectivity index (χ1v) is 7.74. The van der Waals surface area contributed by atoms with Gasteiger partial charge in [0, 0.05) is 30.1 Å². The lowest BCUT2D eigenvalue weighted by Crippen LogP contribution is -2.33. The summed E-state index contributed by atoms with van der Waals surface area (Å²) in [4.78, 5) is 29.2. The Morgan fingerprint density at radius 1 is 1.29 bits per heavy atom. The lowest BCUT2D eigenvalue weighted by molar-refractivity contribution is -0.118. The summed E-state index contributed by atoms with van der Waals surface area (Å²) in [5.41, 5.74) is 1.90. The first kappa shape index (κ1) is 17.6. The Hall–Kier alpha value is -2.79. The molecule has 0 radical (unpaired) electrons. The molecule has 1 N–H and O–H groups in total. The van der Waals surface area contributed by atoms with Gasteiger partial charge >= 0.3 is 0 Å². The van der Waals surface area contributed by atoms with Gasteiger partial charge in [0.1, 0.15) is 6.29 Å². The number of hydrogen-bond donors (Lipinski definition) is 1. The fourth-order valence-electron chi connectivity index (χ4n) is 2.39. The maximum absolute atomic E-state index is 12.6. The van der Waals surface area contributed by atoms with Crippen LogP contribution in [0.15, 0.2) is 60.3 Å². The van der Waals surface area contributed by atoms with E-state index in [4.69, 9.17) is 0 Å². The van der Waals surface area contributed by atoms with Crippen LogP contribution in [0.3, 0.4) is 0 Å². The highest BCUT2D eigenvalue weighted by Crippen LogP contribution is 2.25. The SMILES string of the molecule is C/C=C(C=O)\C=C/CC(=O)N(CCO)c1cccc2cccnc12. The molecule has 0 atom stereocenters. The number of para-hydroxylation sites is 1. The molecule has 0 aliphatic rings. The van der Waals surface area contributed by atoms with Crippen LogP contribution < -0.4 is 4.90 Å². The molecule has 1 amide bonds. The van der Waals surface area contributed by atoms with Crippen molar-refractivity contribution in [1.29, 1.82) is 0 Å². The van der Waals surface area contributed by atoms with Crippen LogP contribution in [-0.2, 0) is 9.59 Å². The molecule has 0 aliphatic heterocycles. The van der Waals surface area contributed by atoms with Gasteiger partial charge in [0.2, 0.25) is 5.91 Å². The van der Waals surface area contributed by atoms with E-state index in [1.54, 1.807) is 31.3 Å². The Bertz CT molecular complexity index is 776. The van der Waals surface area contributed by atoms with Crippen LogP contribution in [0.4, 0.5) is 5.69 Å². The highest BCUT2D eigenvalue weighted by atomic mass is 16.3. The first-order chi connectivity index (χ1) is 11.7. The van der Waals surface area contributed by atoms with Crippen LogP contribution in [-0.4, -0.2) is 35.4 Å². The van der Waals surface area contributed by atoms with E-state index < -0.39 is 0 Å². The number of amides is 1. The summed E-state index contributed by atoms with van der Waals surface area (Å²) in [6, 6.07) is 9.36. The van der Waals surface area contributed by atoms with Crippen molar-refractivity contribution in [2.24, 2.45) is 0 Å². The van der Waals surface area contributed by atoms with Crippen LogP contribution in [0.1, 0.15) is 13.3 Å². The monoisotopic (exact) mass is 324 g/mol. The normalized spacial score (nSPS) is 11.8. The van der Waals surface area contributed by atoms with Crippen LogP contribution >= 0.6 is 0 Å². The third kappa shape index (κ3) is 4.14. The number of nitrogens with zero attached hydrogens (tertiary/aromatic N) is 2. The molecule has 0 saturated heterocycles. The zero-order chi connectivity index (χ0) is 17.4. The lowest BCUT2D eigenvalue weighted by atomic mass is 10.1. The molecule has 5 heteroatoms. The summed E-state index contributed by atoms with van der Waals surface area (Å²) in [6.45, 7) is 1.80. The zero-order valence-electron chi connectivity index (χ0n) is 13.6. The Morgan fingerprint density at radius 2 is 2.08 bits per heavy atom. The maximum atomic E-state index is 12.6. The number of aromatic nitrogens is 1. The summed E-state index contributed by atoms with van der Waals surface area (Å²) in [6.07, 6.45) is 7.48. The molecule has 124 valence electrons. The number of aliphatic hydroxyl groups excluding tert-OH is 1. The molecule has 1 heterocycles. The predicted octanol–water partition coefficient (Wildman–Crippen LogP) is 2.65. The zero-order valence-corrected chi connectivity index (χ0v) is 13.6. The molecule has 24 heavy (non-hydrogen) atoms. The molecule has 0 spiro atoms. The molecular weight excluding hydrogens is 304 g/mol. The maximum Gasteiger partial charge on any atom is 0.230 e. The van der Waals surface area contributed by atoms with Crippen LogP contribution in [0.2, 0.25) is 0 Å². The number of allylic oxidation sites excluding steroid dienone is 3. The fourth-order valence-corrected chi connectivity index (χ4v) is 2.39. The highest BCUT2D eigenvalue weighted by molar-refractivity contribution is 6.02. The van der Waals surface area contributed by atoms with Crippen molar-refractivity contribution in [2.75, 3.05) is 18.1 Å². The smallest absolute Gasteiger partial charge is 0.230 e. The van der Waals surface area contributed by atoms with Crippen molar-refractivity contribution in [3.05, 3.63) is 60.3 Å². The highest BCUT2D eigenvalue weighted by Gasteiger charge is 2.17. The Kier molecular flexibility index (Phi) is 6.40. The summed E-state index contributed by atoms with van der Waals surface area (Å²) in [5, 5.41) is 10.3. The molecule has 5 nitrogen and oxygen atoms in total. The molecule has 1 aromatic carbocycles. The van der Waals surface area contributed by atoms with Crippen LogP contribution in [0.25, 0.3) is 10.9 Å². The Labute approximate surface area is 140 Å².